The molecule has 1 unspecified atom stereocenters. The Morgan fingerprint density at radius 1 is 1.36 bits per heavy atom. The Hall–Kier alpha value is -1.82. The first-order valence-corrected chi connectivity index (χ1v) is 7.51. The van der Waals surface area contributed by atoms with E-state index in [0.717, 1.165) is 6.42 Å². The number of nitrogens with one attached hydrogen (secondary N) is 1. The van der Waals surface area contributed by atoms with Crippen LogP contribution in [0.2, 0.25) is 0 Å². The predicted molar refractivity (Wildman–Crippen MR) is 79.3 cm³/mol. The molecule has 1 aromatic heterocycles. The number of carbonyl (C=O) groups is 2. The highest BCUT2D eigenvalue weighted by Crippen LogP contribution is 2.35. The van der Waals surface area contributed by atoms with E-state index >= 15 is 0 Å². The first kappa shape index (κ1) is 16.5. The number of furan rings is 1. The highest BCUT2D eigenvalue weighted by Gasteiger charge is 2.29. The van der Waals surface area contributed by atoms with Gasteiger partial charge in [-0.05, 0) is 25.3 Å². The number of carbonyl (C=O) groups excluding carboxylic acids is 2. The van der Waals surface area contributed by atoms with E-state index in [0.29, 0.717) is 36.1 Å². The molecule has 0 spiro atoms. The largest absolute Gasteiger partial charge is 0.469 e. The van der Waals surface area contributed by atoms with Gasteiger partial charge < -0.3 is 19.2 Å². The third-order valence-corrected chi connectivity index (χ3v) is 3.91. The molecule has 0 radical (unpaired) electrons. The van der Waals surface area contributed by atoms with Crippen LogP contribution < -0.4 is 5.32 Å². The first-order valence-electron chi connectivity index (χ1n) is 7.51. The molecule has 0 bridgehead atoms. The Bertz CT molecular complexity index is 533. The fraction of sp³-hybridized carbons (Fsp3) is 0.625. The van der Waals surface area contributed by atoms with E-state index in [4.69, 9.17) is 9.15 Å². The van der Waals surface area contributed by atoms with Gasteiger partial charge in [0, 0.05) is 6.54 Å². The molecular weight excluding hydrogens is 286 g/mol. The number of hydrogen-bond donors (Lipinski definition) is 1. The molecule has 6 nitrogen and oxygen atoms in total. The standard InChI is InChI=1S/C16H23NO5/c1-10-14(16(19)21-3)7-13(22-10)9-17-8-12(15(18)20-2)6-11-4-5-11/h7,11-12,17H,4-6,8-9H2,1-3H3. The first-order chi connectivity index (χ1) is 10.5. The Kier molecular flexibility index (Phi) is 5.60. The maximum absolute atomic E-state index is 11.8. The quantitative estimate of drug-likeness (QED) is 0.741. The van der Waals surface area contributed by atoms with E-state index in [2.05, 4.69) is 10.1 Å². The minimum atomic E-state index is -0.409. The highest BCUT2D eigenvalue weighted by atomic mass is 16.5. The molecule has 1 aliphatic carbocycles. The van der Waals surface area contributed by atoms with Crippen molar-refractivity contribution in [2.75, 3.05) is 20.8 Å². The fourth-order valence-electron chi connectivity index (χ4n) is 2.50. The summed E-state index contributed by atoms with van der Waals surface area (Å²) in [7, 11) is 2.76. The van der Waals surface area contributed by atoms with Gasteiger partial charge in [0.25, 0.3) is 0 Å². The number of esters is 2. The second kappa shape index (κ2) is 7.45. The second-order valence-electron chi connectivity index (χ2n) is 5.70. The summed E-state index contributed by atoms with van der Waals surface area (Å²) in [4.78, 5) is 23.3. The van der Waals surface area contributed by atoms with E-state index < -0.39 is 5.97 Å². The minimum Gasteiger partial charge on any atom is -0.469 e. The average Bonchev–Trinajstić information content (AvgIpc) is 3.26. The lowest BCUT2D eigenvalue weighted by molar-refractivity contribution is -0.145. The molecule has 0 aliphatic heterocycles. The van der Waals surface area contributed by atoms with Crippen LogP contribution in [-0.2, 0) is 20.8 Å². The number of rotatable bonds is 8. The number of hydrogen-bond acceptors (Lipinski definition) is 6. The van der Waals surface area contributed by atoms with Crippen molar-refractivity contribution in [3.05, 3.63) is 23.2 Å². The summed E-state index contributed by atoms with van der Waals surface area (Å²) in [6.45, 7) is 2.71. The summed E-state index contributed by atoms with van der Waals surface area (Å²) in [5, 5.41) is 3.20. The van der Waals surface area contributed by atoms with Crippen molar-refractivity contribution in [2.45, 2.75) is 32.7 Å². The Labute approximate surface area is 130 Å². The van der Waals surface area contributed by atoms with Crippen LogP contribution in [0.4, 0.5) is 0 Å². The van der Waals surface area contributed by atoms with Crippen molar-refractivity contribution >= 4 is 11.9 Å². The molecule has 22 heavy (non-hydrogen) atoms. The van der Waals surface area contributed by atoms with E-state index in [9.17, 15) is 9.59 Å². The van der Waals surface area contributed by atoms with Crippen LogP contribution in [0, 0.1) is 18.8 Å². The Morgan fingerprint density at radius 2 is 2.09 bits per heavy atom. The van der Waals surface area contributed by atoms with Crippen molar-refractivity contribution < 1.29 is 23.5 Å². The van der Waals surface area contributed by atoms with Crippen molar-refractivity contribution in [1.82, 2.24) is 5.32 Å². The maximum Gasteiger partial charge on any atom is 0.341 e. The molecule has 1 fully saturated rings. The lowest BCUT2D eigenvalue weighted by Crippen LogP contribution is -2.29. The summed E-state index contributed by atoms with van der Waals surface area (Å²) in [6.07, 6.45) is 3.27. The summed E-state index contributed by atoms with van der Waals surface area (Å²) in [5.41, 5.74) is 0.432. The zero-order valence-electron chi connectivity index (χ0n) is 13.3. The molecule has 2 rings (SSSR count). The Balaban J connectivity index is 1.86. The van der Waals surface area contributed by atoms with Gasteiger partial charge in [-0.2, -0.15) is 0 Å². The third-order valence-electron chi connectivity index (χ3n) is 3.91. The topological polar surface area (TPSA) is 77.8 Å². The molecule has 1 aromatic rings. The van der Waals surface area contributed by atoms with E-state index in [-0.39, 0.29) is 11.9 Å². The van der Waals surface area contributed by atoms with Crippen LogP contribution in [0.15, 0.2) is 10.5 Å². The highest BCUT2D eigenvalue weighted by molar-refractivity contribution is 5.90. The molecule has 1 aliphatic rings. The molecule has 1 heterocycles. The zero-order chi connectivity index (χ0) is 16.1. The van der Waals surface area contributed by atoms with Gasteiger partial charge in [-0.1, -0.05) is 12.8 Å². The van der Waals surface area contributed by atoms with Crippen LogP contribution >= 0.6 is 0 Å². The third kappa shape index (κ3) is 4.34. The van der Waals surface area contributed by atoms with Crippen LogP contribution in [0.3, 0.4) is 0 Å². The summed E-state index contributed by atoms with van der Waals surface area (Å²) < 4.78 is 15.1. The molecule has 1 atom stereocenters. The van der Waals surface area contributed by atoms with Crippen LogP contribution in [-0.4, -0.2) is 32.7 Å². The minimum absolute atomic E-state index is 0.131. The fourth-order valence-corrected chi connectivity index (χ4v) is 2.50. The van der Waals surface area contributed by atoms with Crippen molar-refractivity contribution in [3.63, 3.8) is 0 Å². The lowest BCUT2D eigenvalue weighted by atomic mass is 10.0. The molecule has 0 amide bonds. The number of ether oxygens (including phenoxy) is 2. The summed E-state index contributed by atoms with van der Waals surface area (Å²) in [5.74, 6) is 1.12. The lowest BCUT2D eigenvalue weighted by Gasteiger charge is -2.14. The second-order valence-corrected chi connectivity index (χ2v) is 5.70. The van der Waals surface area contributed by atoms with E-state index in [1.807, 2.05) is 0 Å². The van der Waals surface area contributed by atoms with E-state index in [1.54, 1.807) is 13.0 Å². The van der Waals surface area contributed by atoms with Crippen molar-refractivity contribution in [3.8, 4) is 0 Å². The van der Waals surface area contributed by atoms with Gasteiger partial charge in [-0.25, -0.2) is 4.79 Å². The molecule has 122 valence electrons. The number of methoxy groups -OCH3 is 2. The molecule has 0 saturated heterocycles. The molecule has 0 aromatic carbocycles. The van der Waals surface area contributed by atoms with E-state index in [1.165, 1.54) is 27.1 Å². The summed E-state index contributed by atoms with van der Waals surface area (Å²) >= 11 is 0. The zero-order valence-corrected chi connectivity index (χ0v) is 13.3. The molecule has 6 heteroatoms. The van der Waals surface area contributed by atoms with Gasteiger partial charge >= 0.3 is 11.9 Å². The van der Waals surface area contributed by atoms with Crippen LogP contribution in [0.1, 0.15) is 41.1 Å². The monoisotopic (exact) mass is 309 g/mol. The van der Waals surface area contributed by atoms with Crippen molar-refractivity contribution in [1.29, 1.82) is 0 Å². The maximum atomic E-state index is 11.8. The van der Waals surface area contributed by atoms with Gasteiger partial charge in [0.1, 0.15) is 17.1 Å². The Morgan fingerprint density at radius 3 is 2.68 bits per heavy atom. The van der Waals surface area contributed by atoms with Gasteiger partial charge in [0.05, 0.1) is 26.7 Å². The SMILES string of the molecule is COC(=O)c1cc(CNCC(CC2CC2)C(=O)OC)oc1C. The van der Waals surface area contributed by atoms with Gasteiger partial charge in [0.2, 0.25) is 0 Å². The smallest absolute Gasteiger partial charge is 0.341 e. The van der Waals surface area contributed by atoms with Gasteiger partial charge in [-0.15, -0.1) is 0 Å². The van der Waals surface area contributed by atoms with Gasteiger partial charge in [0.15, 0.2) is 0 Å². The predicted octanol–water partition coefficient (Wildman–Crippen LogP) is 2.05. The molecule has 1 N–H and O–H groups in total. The molecule has 1 saturated carbocycles. The van der Waals surface area contributed by atoms with Crippen LogP contribution in [0.5, 0.6) is 0 Å². The van der Waals surface area contributed by atoms with Crippen LogP contribution in [0.25, 0.3) is 0 Å². The normalized spacial score (nSPS) is 15.4. The number of aryl methyl sites for hydroxylation is 1. The summed E-state index contributed by atoms with van der Waals surface area (Å²) in [6, 6.07) is 1.67. The van der Waals surface area contributed by atoms with Crippen molar-refractivity contribution in [2.24, 2.45) is 11.8 Å². The van der Waals surface area contributed by atoms with Gasteiger partial charge in [-0.3, -0.25) is 4.79 Å². The average molecular weight is 309 g/mol. The molecular formula is C16H23NO5.